The predicted octanol–water partition coefficient (Wildman–Crippen LogP) is -0.347. The zero-order chi connectivity index (χ0) is 11.6. The summed E-state index contributed by atoms with van der Waals surface area (Å²) in [6.45, 7) is 0.486. The summed E-state index contributed by atoms with van der Waals surface area (Å²) in [4.78, 5) is 23.0. The summed E-state index contributed by atoms with van der Waals surface area (Å²) in [7, 11) is 0. The van der Waals surface area contributed by atoms with Crippen molar-refractivity contribution >= 4 is 11.8 Å². The molecule has 1 aliphatic heterocycles. The Morgan fingerprint density at radius 2 is 2.19 bits per heavy atom. The van der Waals surface area contributed by atoms with Crippen LogP contribution in [-0.2, 0) is 9.59 Å². The molecule has 2 fully saturated rings. The van der Waals surface area contributed by atoms with Gasteiger partial charge >= 0.3 is 0 Å². The first-order valence-electron chi connectivity index (χ1n) is 5.97. The van der Waals surface area contributed by atoms with Gasteiger partial charge in [0.25, 0.3) is 0 Å². The maximum Gasteiger partial charge on any atom is 0.243 e. The van der Waals surface area contributed by atoms with Gasteiger partial charge in [-0.3, -0.25) is 9.59 Å². The van der Waals surface area contributed by atoms with Gasteiger partial charge in [-0.2, -0.15) is 0 Å². The second-order valence-corrected chi connectivity index (χ2v) is 4.84. The molecule has 2 amide bonds. The summed E-state index contributed by atoms with van der Waals surface area (Å²) >= 11 is 0. The maximum atomic E-state index is 11.9. The Morgan fingerprint density at radius 3 is 2.69 bits per heavy atom. The van der Waals surface area contributed by atoms with Gasteiger partial charge in [-0.1, -0.05) is 12.8 Å². The molecule has 0 radical (unpaired) electrons. The lowest BCUT2D eigenvalue weighted by Crippen LogP contribution is -2.56. The van der Waals surface area contributed by atoms with E-state index in [4.69, 9.17) is 5.73 Å². The average Bonchev–Trinajstić information content (AvgIpc) is 2.88. The number of amides is 2. The van der Waals surface area contributed by atoms with Crippen molar-refractivity contribution in [2.75, 3.05) is 6.54 Å². The fourth-order valence-corrected chi connectivity index (χ4v) is 2.59. The van der Waals surface area contributed by atoms with E-state index < -0.39 is 0 Å². The molecule has 1 unspecified atom stereocenters. The Labute approximate surface area is 95.1 Å². The Bertz CT molecular complexity index is 298. The SMILES string of the molecule is NCC1(NC(=O)C2CCC(=O)N2)CCCC1. The van der Waals surface area contributed by atoms with E-state index in [0.717, 1.165) is 25.7 Å². The smallest absolute Gasteiger partial charge is 0.243 e. The quantitative estimate of drug-likeness (QED) is 0.614. The van der Waals surface area contributed by atoms with Crippen molar-refractivity contribution in [3.63, 3.8) is 0 Å². The average molecular weight is 225 g/mol. The molecule has 2 rings (SSSR count). The van der Waals surface area contributed by atoms with Crippen LogP contribution in [0.3, 0.4) is 0 Å². The molecule has 1 aliphatic carbocycles. The number of hydrogen-bond donors (Lipinski definition) is 3. The largest absolute Gasteiger partial charge is 0.348 e. The molecular formula is C11H19N3O2. The molecule has 1 heterocycles. The summed E-state index contributed by atoms with van der Waals surface area (Å²) in [5, 5.41) is 5.70. The highest BCUT2D eigenvalue weighted by Crippen LogP contribution is 2.28. The third-order valence-corrected chi connectivity index (χ3v) is 3.65. The molecule has 5 nitrogen and oxygen atoms in total. The van der Waals surface area contributed by atoms with E-state index in [0.29, 0.717) is 19.4 Å². The fourth-order valence-electron chi connectivity index (χ4n) is 2.59. The van der Waals surface area contributed by atoms with E-state index in [1.54, 1.807) is 0 Å². The zero-order valence-corrected chi connectivity index (χ0v) is 9.42. The molecule has 4 N–H and O–H groups in total. The number of rotatable bonds is 3. The van der Waals surface area contributed by atoms with E-state index >= 15 is 0 Å². The maximum absolute atomic E-state index is 11.9. The molecule has 16 heavy (non-hydrogen) atoms. The molecule has 0 aromatic carbocycles. The van der Waals surface area contributed by atoms with Crippen LogP contribution in [0, 0.1) is 0 Å². The van der Waals surface area contributed by atoms with Gasteiger partial charge in [0.05, 0.1) is 5.54 Å². The van der Waals surface area contributed by atoms with Gasteiger partial charge < -0.3 is 16.4 Å². The minimum Gasteiger partial charge on any atom is -0.348 e. The summed E-state index contributed by atoms with van der Waals surface area (Å²) < 4.78 is 0. The summed E-state index contributed by atoms with van der Waals surface area (Å²) in [6, 6.07) is -0.350. The Kier molecular flexibility index (Phi) is 3.14. The lowest BCUT2D eigenvalue weighted by molar-refractivity contribution is -0.127. The predicted molar refractivity (Wildman–Crippen MR) is 59.6 cm³/mol. The second-order valence-electron chi connectivity index (χ2n) is 4.84. The van der Waals surface area contributed by atoms with Crippen LogP contribution >= 0.6 is 0 Å². The van der Waals surface area contributed by atoms with Crippen LogP contribution in [0.2, 0.25) is 0 Å². The van der Waals surface area contributed by atoms with Gasteiger partial charge in [0.1, 0.15) is 6.04 Å². The Balaban J connectivity index is 1.93. The normalized spacial score (nSPS) is 27.8. The zero-order valence-electron chi connectivity index (χ0n) is 9.42. The minimum absolute atomic E-state index is 0.0339. The molecule has 90 valence electrons. The first kappa shape index (κ1) is 11.4. The molecule has 1 atom stereocenters. The van der Waals surface area contributed by atoms with E-state index in [1.165, 1.54) is 0 Å². The fraction of sp³-hybridized carbons (Fsp3) is 0.818. The second kappa shape index (κ2) is 4.41. The summed E-state index contributed by atoms with van der Waals surface area (Å²) in [6.07, 6.45) is 5.20. The Hall–Kier alpha value is -1.10. The van der Waals surface area contributed by atoms with Gasteiger partial charge in [0.15, 0.2) is 0 Å². The van der Waals surface area contributed by atoms with Crippen molar-refractivity contribution in [3.8, 4) is 0 Å². The minimum atomic E-state index is -0.350. The van der Waals surface area contributed by atoms with Crippen molar-refractivity contribution in [1.82, 2.24) is 10.6 Å². The van der Waals surface area contributed by atoms with Gasteiger partial charge in [-0.25, -0.2) is 0 Å². The van der Waals surface area contributed by atoms with Crippen LogP contribution in [0.1, 0.15) is 38.5 Å². The number of carbonyl (C=O) groups excluding carboxylic acids is 2. The van der Waals surface area contributed by atoms with Gasteiger partial charge in [0.2, 0.25) is 11.8 Å². The van der Waals surface area contributed by atoms with Crippen LogP contribution < -0.4 is 16.4 Å². The van der Waals surface area contributed by atoms with Gasteiger partial charge in [-0.15, -0.1) is 0 Å². The topological polar surface area (TPSA) is 84.2 Å². The first-order valence-corrected chi connectivity index (χ1v) is 5.97. The van der Waals surface area contributed by atoms with E-state index in [1.807, 2.05) is 0 Å². The van der Waals surface area contributed by atoms with Crippen LogP contribution in [0.25, 0.3) is 0 Å². The molecule has 1 saturated carbocycles. The van der Waals surface area contributed by atoms with E-state index in [-0.39, 0.29) is 23.4 Å². The van der Waals surface area contributed by atoms with E-state index in [9.17, 15) is 9.59 Å². The van der Waals surface area contributed by atoms with Crippen molar-refractivity contribution in [1.29, 1.82) is 0 Å². The van der Waals surface area contributed by atoms with Crippen LogP contribution in [0.15, 0.2) is 0 Å². The van der Waals surface area contributed by atoms with Crippen LogP contribution in [0.4, 0.5) is 0 Å². The van der Waals surface area contributed by atoms with Crippen molar-refractivity contribution < 1.29 is 9.59 Å². The lowest BCUT2D eigenvalue weighted by atomic mass is 9.97. The molecule has 0 bridgehead atoms. The van der Waals surface area contributed by atoms with Crippen LogP contribution in [0.5, 0.6) is 0 Å². The lowest BCUT2D eigenvalue weighted by Gasteiger charge is -2.30. The summed E-state index contributed by atoms with van der Waals surface area (Å²) in [5.74, 6) is -0.105. The molecule has 0 spiro atoms. The highest BCUT2D eigenvalue weighted by atomic mass is 16.2. The molecule has 5 heteroatoms. The standard InChI is InChI=1S/C11H19N3O2/c12-7-11(5-1-2-6-11)14-10(16)8-3-4-9(15)13-8/h8H,1-7,12H2,(H,13,15)(H,14,16). The van der Waals surface area contributed by atoms with Gasteiger partial charge in [-0.05, 0) is 19.3 Å². The highest BCUT2D eigenvalue weighted by molar-refractivity contribution is 5.91. The molecule has 0 aromatic rings. The first-order chi connectivity index (χ1) is 7.65. The van der Waals surface area contributed by atoms with Crippen molar-refractivity contribution in [3.05, 3.63) is 0 Å². The third-order valence-electron chi connectivity index (χ3n) is 3.65. The Morgan fingerprint density at radius 1 is 1.50 bits per heavy atom. The van der Waals surface area contributed by atoms with Crippen molar-refractivity contribution in [2.24, 2.45) is 5.73 Å². The monoisotopic (exact) mass is 225 g/mol. The highest BCUT2D eigenvalue weighted by Gasteiger charge is 2.37. The molecule has 2 aliphatic rings. The third kappa shape index (κ3) is 2.19. The molecular weight excluding hydrogens is 206 g/mol. The molecule has 0 aromatic heterocycles. The number of nitrogens with one attached hydrogen (secondary N) is 2. The van der Waals surface area contributed by atoms with Crippen LogP contribution in [-0.4, -0.2) is 29.9 Å². The number of carbonyl (C=O) groups is 2. The molecule has 1 saturated heterocycles. The van der Waals surface area contributed by atoms with Gasteiger partial charge in [0, 0.05) is 13.0 Å². The number of hydrogen-bond acceptors (Lipinski definition) is 3. The van der Waals surface area contributed by atoms with E-state index in [2.05, 4.69) is 10.6 Å². The number of nitrogens with two attached hydrogens (primary N) is 1. The summed E-state index contributed by atoms with van der Waals surface area (Å²) in [5.41, 5.74) is 5.52. The van der Waals surface area contributed by atoms with Crippen molar-refractivity contribution in [2.45, 2.75) is 50.1 Å².